The van der Waals surface area contributed by atoms with Crippen molar-refractivity contribution in [3.63, 3.8) is 0 Å². The lowest BCUT2D eigenvalue weighted by atomic mass is 10.0. The zero-order valence-electron chi connectivity index (χ0n) is 20.6. The van der Waals surface area contributed by atoms with E-state index < -0.39 is 18.0 Å². The molecule has 0 saturated heterocycles. The molecule has 36 heavy (non-hydrogen) atoms. The van der Waals surface area contributed by atoms with Crippen LogP contribution in [0.4, 0.5) is 5.69 Å². The summed E-state index contributed by atoms with van der Waals surface area (Å²) in [6, 6.07) is 22.0. The third kappa shape index (κ3) is 5.63. The molecule has 0 aromatic heterocycles. The maximum atomic E-state index is 13.6. The Balaban J connectivity index is 1.69. The molecule has 0 fully saturated rings. The van der Waals surface area contributed by atoms with E-state index in [1.165, 1.54) is 11.6 Å². The van der Waals surface area contributed by atoms with Gasteiger partial charge in [-0.2, -0.15) is 0 Å². The number of esters is 1. The van der Waals surface area contributed by atoms with E-state index in [1.54, 1.807) is 30.3 Å². The third-order valence-electron chi connectivity index (χ3n) is 6.18. The van der Waals surface area contributed by atoms with Crippen molar-refractivity contribution in [2.24, 2.45) is 0 Å². The fourth-order valence-electron chi connectivity index (χ4n) is 4.20. The van der Waals surface area contributed by atoms with E-state index >= 15 is 0 Å². The Labute approximate surface area is 225 Å². The van der Waals surface area contributed by atoms with Crippen LogP contribution in [0.2, 0.25) is 5.02 Å². The second-order valence-electron chi connectivity index (χ2n) is 9.18. The number of carbonyl (C=O) groups excluding carboxylic acids is 2. The molecule has 0 radical (unpaired) electrons. The van der Waals surface area contributed by atoms with Gasteiger partial charge in [0.2, 0.25) is 6.10 Å². The number of halogens is 2. The number of hydrogen-bond donors (Lipinski definition) is 1. The summed E-state index contributed by atoms with van der Waals surface area (Å²) in [6.07, 6.45) is -1.15. The smallest absolute Gasteiger partial charge is 0.339 e. The van der Waals surface area contributed by atoms with E-state index in [0.717, 1.165) is 26.7 Å². The Bertz CT molecular complexity index is 1400. The van der Waals surface area contributed by atoms with Crippen LogP contribution in [0.3, 0.4) is 0 Å². The molecule has 1 unspecified atom stereocenters. The highest BCUT2D eigenvalue weighted by Gasteiger charge is 2.28. The Morgan fingerprint density at radius 2 is 1.58 bits per heavy atom. The summed E-state index contributed by atoms with van der Waals surface area (Å²) in [5.74, 6) is -0.692. The van der Waals surface area contributed by atoms with E-state index in [0.29, 0.717) is 22.2 Å². The molecule has 0 aliphatic heterocycles. The first-order chi connectivity index (χ1) is 17.1. The summed E-state index contributed by atoms with van der Waals surface area (Å²) in [4.78, 5) is 26.6. The Kier molecular flexibility index (Phi) is 7.82. The molecule has 0 bridgehead atoms. The number of nitrogens with one attached hydrogen (secondary N) is 1. The van der Waals surface area contributed by atoms with Gasteiger partial charge in [0.15, 0.2) is 0 Å². The summed E-state index contributed by atoms with van der Waals surface area (Å²) >= 11 is 9.47. The van der Waals surface area contributed by atoms with Crippen LogP contribution in [-0.2, 0) is 9.53 Å². The molecule has 0 spiro atoms. The second kappa shape index (κ2) is 10.9. The minimum Gasteiger partial charge on any atom is -0.444 e. The first-order valence-electron chi connectivity index (χ1n) is 11.7. The van der Waals surface area contributed by atoms with Crippen molar-refractivity contribution in [3.8, 4) is 11.1 Å². The van der Waals surface area contributed by atoms with Gasteiger partial charge in [0.05, 0.1) is 5.56 Å². The number of anilines is 1. The van der Waals surface area contributed by atoms with Crippen LogP contribution in [0.15, 0.2) is 77.3 Å². The number of carbonyl (C=O) groups is 2. The van der Waals surface area contributed by atoms with Gasteiger partial charge >= 0.3 is 5.97 Å². The highest BCUT2D eigenvalue weighted by Crippen LogP contribution is 2.40. The zero-order valence-corrected chi connectivity index (χ0v) is 22.9. The van der Waals surface area contributed by atoms with E-state index in [9.17, 15) is 9.59 Å². The van der Waals surface area contributed by atoms with Crippen molar-refractivity contribution in [3.05, 3.63) is 110 Å². The fraction of sp³-hybridized carbons (Fsp3) is 0.200. The number of aryl methyl sites for hydroxylation is 2. The minimum atomic E-state index is -1.15. The first-order valence-corrected chi connectivity index (χ1v) is 12.9. The van der Waals surface area contributed by atoms with Gasteiger partial charge in [-0.05, 0) is 78.4 Å². The maximum Gasteiger partial charge on any atom is 0.339 e. The minimum absolute atomic E-state index is 0.274. The Morgan fingerprint density at radius 3 is 2.25 bits per heavy atom. The topological polar surface area (TPSA) is 55.4 Å². The van der Waals surface area contributed by atoms with Gasteiger partial charge in [-0.3, -0.25) is 4.79 Å². The predicted molar refractivity (Wildman–Crippen MR) is 149 cm³/mol. The van der Waals surface area contributed by atoms with Crippen LogP contribution in [-0.4, -0.2) is 11.9 Å². The average Bonchev–Trinajstić information content (AvgIpc) is 3.02. The molecule has 0 heterocycles. The van der Waals surface area contributed by atoms with E-state index in [1.807, 2.05) is 32.0 Å². The normalized spacial score (nSPS) is 12.0. The van der Waals surface area contributed by atoms with Crippen molar-refractivity contribution in [2.75, 3.05) is 5.32 Å². The van der Waals surface area contributed by atoms with Gasteiger partial charge in [-0.25, -0.2) is 4.79 Å². The van der Waals surface area contributed by atoms with Crippen LogP contribution in [0.25, 0.3) is 11.1 Å². The van der Waals surface area contributed by atoms with Crippen molar-refractivity contribution < 1.29 is 14.3 Å². The number of amides is 1. The SMILES string of the molecule is Cc1cc(NC(=O)C(OC(=O)c2cccc(Cl)c2)c2ccc(Br)cc2)c2c(C)ccc(C(C)C)cc1-2. The van der Waals surface area contributed by atoms with Crippen LogP contribution in [0.5, 0.6) is 0 Å². The molecule has 4 rings (SSSR count). The number of hydrogen-bond acceptors (Lipinski definition) is 3. The highest BCUT2D eigenvalue weighted by molar-refractivity contribution is 9.10. The third-order valence-corrected chi connectivity index (χ3v) is 6.94. The van der Waals surface area contributed by atoms with Gasteiger partial charge in [-0.15, -0.1) is 0 Å². The number of benzene rings is 2. The van der Waals surface area contributed by atoms with Gasteiger partial charge in [0.25, 0.3) is 5.91 Å². The molecule has 184 valence electrons. The second-order valence-corrected chi connectivity index (χ2v) is 10.5. The van der Waals surface area contributed by atoms with Crippen molar-refractivity contribution in [2.45, 2.75) is 39.7 Å². The molecular weight excluding hydrogens is 538 g/mol. The van der Waals surface area contributed by atoms with Crippen LogP contribution < -0.4 is 5.32 Å². The summed E-state index contributed by atoms with van der Waals surface area (Å²) in [5, 5.41) is 3.45. The molecule has 4 nitrogen and oxygen atoms in total. The standard InChI is InChI=1S/C30H27BrClNO3/c1-17(2)21-9-8-18(3)27-25(16-21)19(4)14-26(27)33-29(34)28(20-10-12-23(31)13-11-20)36-30(35)22-6-5-7-24(32)15-22/h5-17,28H,1-4H3,(H,33,34). The Hall–Kier alpha value is -3.15. The molecule has 2 aromatic rings. The first kappa shape index (κ1) is 25.9. The molecule has 1 N–H and O–H groups in total. The van der Waals surface area contributed by atoms with E-state index in [4.69, 9.17) is 16.3 Å². The molecule has 2 aromatic carbocycles. The van der Waals surface area contributed by atoms with E-state index in [-0.39, 0.29) is 5.56 Å². The van der Waals surface area contributed by atoms with Crippen LogP contribution >= 0.6 is 27.5 Å². The van der Waals surface area contributed by atoms with Gasteiger partial charge in [0.1, 0.15) is 0 Å². The molecule has 0 saturated carbocycles. The fourth-order valence-corrected chi connectivity index (χ4v) is 4.65. The summed E-state index contributed by atoms with van der Waals surface area (Å²) < 4.78 is 6.60. The molecule has 6 heteroatoms. The number of rotatable bonds is 6. The van der Waals surface area contributed by atoms with Crippen LogP contribution in [0.1, 0.15) is 58.5 Å². The van der Waals surface area contributed by atoms with Crippen molar-refractivity contribution in [1.29, 1.82) is 0 Å². The number of fused-ring (bicyclic) bond motifs is 1. The lowest BCUT2D eigenvalue weighted by Crippen LogP contribution is -2.26. The number of ether oxygens (including phenoxy) is 1. The zero-order chi connectivity index (χ0) is 26.0. The lowest BCUT2D eigenvalue weighted by molar-refractivity contribution is -0.125. The summed E-state index contributed by atoms with van der Waals surface area (Å²) in [7, 11) is 0. The Morgan fingerprint density at radius 1 is 0.889 bits per heavy atom. The van der Waals surface area contributed by atoms with Crippen LogP contribution in [0, 0.1) is 13.8 Å². The monoisotopic (exact) mass is 563 g/mol. The average molecular weight is 565 g/mol. The van der Waals surface area contributed by atoms with Gasteiger partial charge in [0, 0.05) is 26.3 Å². The summed E-state index contributed by atoms with van der Waals surface area (Å²) in [6.45, 7) is 8.39. The van der Waals surface area contributed by atoms with Crippen molar-refractivity contribution >= 4 is 45.1 Å². The van der Waals surface area contributed by atoms with Crippen molar-refractivity contribution in [1.82, 2.24) is 0 Å². The van der Waals surface area contributed by atoms with Gasteiger partial charge in [-0.1, -0.05) is 77.8 Å². The quantitative estimate of drug-likeness (QED) is 0.239. The predicted octanol–water partition coefficient (Wildman–Crippen LogP) is 8.48. The molecule has 1 amide bonds. The summed E-state index contributed by atoms with van der Waals surface area (Å²) in [5.41, 5.74) is 6.93. The molecule has 1 atom stereocenters. The molecule has 2 aliphatic rings. The molecular formula is C30H27BrClNO3. The maximum absolute atomic E-state index is 13.6. The largest absolute Gasteiger partial charge is 0.444 e. The van der Waals surface area contributed by atoms with Gasteiger partial charge < -0.3 is 10.1 Å². The molecule has 2 aliphatic carbocycles. The lowest BCUT2D eigenvalue weighted by Gasteiger charge is -2.19. The highest BCUT2D eigenvalue weighted by atomic mass is 79.9. The van der Waals surface area contributed by atoms with E-state index in [2.05, 4.69) is 53.3 Å².